The van der Waals surface area contributed by atoms with Gasteiger partial charge in [0.25, 0.3) is 11.8 Å². The molecule has 144 valence electrons. The topological polar surface area (TPSA) is 75.8 Å². The molecule has 2 aromatic heterocycles. The highest BCUT2D eigenvalue weighted by Gasteiger charge is 2.28. The zero-order valence-corrected chi connectivity index (χ0v) is 16.0. The number of nitrogens with zero attached hydrogens (tertiary/aromatic N) is 3. The molecule has 2 amide bonds. The summed E-state index contributed by atoms with van der Waals surface area (Å²) in [4.78, 5) is 40.8. The highest BCUT2D eigenvalue weighted by atomic mass is 35.5. The minimum absolute atomic E-state index is 0.169. The van der Waals surface area contributed by atoms with Crippen LogP contribution in [0, 0.1) is 0 Å². The van der Waals surface area contributed by atoms with Gasteiger partial charge in [-0.3, -0.25) is 19.0 Å². The van der Waals surface area contributed by atoms with Gasteiger partial charge in [0.05, 0.1) is 17.3 Å². The molecule has 1 aliphatic heterocycles. The maximum absolute atomic E-state index is 13.1. The lowest BCUT2D eigenvalue weighted by Crippen LogP contribution is -2.50. The van der Waals surface area contributed by atoms with E-state index in [0.29, 0.717) is 53.4 Å². The average molecular weight is 400 g/mol. The SMILES string of the molecule is CC(=O)n1cc(C(=O)N2CCN(C(=O)c3ccco3)CC2)c2ccc(Cl)cc21. The molecule has 0 N–H and O–H groups in total. The maximum atomic E-state index is 13.1. The molecule has 0 aliphatic carbocycles. The third-order valence-electron chi connectivity index (χ3n) is 4.92. The van der Waals surface area contributed by atoms with E-state index < -0.39 is 0 Å². The van der Waals surface area contributed by atoms with Crippen LogP contribution in [0.15, 0.2) is 47.2 Å². The quantitative estimate of drug-likeness (QED) is 0.663. The number of furan rings is 1. The van der Waals surface area contributed by atoms with Crippen molar-refractivity contribution in [1.29, 1.82) is 0 Å². The Morgan fingerprint density at radius 2 is 1.68 bits per heavy atom. The summed E-state index contributed by atoms with van der Waals surface area (Å²) in [5, 5.41) is 1.18. The summed E-state index contributed by atoms with van der Waals surface area (Å²) in [6.45, 7) is 3.09. The molecule has 1 saturated heterocycles. The molecule has 4 rings (SSSR count). The largest absolute Gasteiger partial charge is 0.459 e. The van der Waals surface area contributed by atoms with Gasteiger partial charge in [0.2, 0.25) is 5.91 Å². The van der Waals surface area contributed by atoms with Gasteiger partial charge in [-0.15, -0.1) is 0 Å². The molecule has 0 saturated carbocycles. The molecule has 28 heavy (non-hydrogen) atoms. The Morgan fingerprint density at radius 3 is 2.29 bits per heavy atom. The minimum Gasteiger partial charge on any atom is -0.459 e. The van der Waals surface area contributed by atoms with Crippen LogP contribution in [-0.2, 0) is 0 Å². The lowest BCUT2D eigenvalue weighted by Gasteiger charge is -2.34. The predicted molar refractivity (Wildman–Crippen MR) is 104 cm³/mol. The number of fused-ring (bicyclic) bond motifs is 1. The van der Waals surface area contributed by atoms with Gasteiger partial charge < -0.3 is 14.2 Å². The molecular formula is C20H18ClN3O4. The van der Waals surface area contributed by atoms with Gasteiger partial charge in [-0.25, -0.2) is 0 Å². The number of piperazine rings is 1. The lowest BCUT2D eigenvalue weighted by molar-refractivity contribution is 0.0519. The summed E-state index contributed by atoms with van der Waals surface area (Å²) in [5.74, 6) is -0.251. The van der Waals surface area contributed by atoms with Crippen molar-refractivity contribution in [2.45, 2.75) is 6.92 Å². The van der Waals surface area contributed by atoms with Gasteiger partial charge in [0.15, 0.2) is 5.76 Å². The van der Waals surface area contributed by atoms with Gasteiger partial charge in [0, 0.05) is 49.7 Å². The molecule has 0 atom stereocenters. The Balaban J connectivity index is 1.55. The van der Waals surface area contributed by atoms with E-state index in [0.717, 1.165) is 0 Å². The second-order valence-corrected chi connectivity index (χ2v) is 7.09. The van der Waals surface area contributed by atoms with Crippen molar-refractivity contribution in [2.24, 2.45) is 0 Å². The van der Waals surface area contributed by atoms with Crippen LogP contribution in [0.4, 0.5) is 0 Å². The standard InChI is InChI=1S/C20H18ClN3O4/c1-13(25)24-12-16(15-5-4-14(21)11-17(15)24)19(26)22-6-8-23(9-7-22)20(27)18-3-2-10-28-18/h2-5,10-12H,6-9H2,1H3. The van der Waals surface area contributed by atoms with Crippen molar-refractivity contribution in [3.8, 4) is 0 Å². The van der Waals surface area contributed by atoms with Gasteiger partial charge >= 0.3 is 0 Å². The molecular weight excluding hydrogens is 382 g/mol. The van der Waals surface area contributed by atoms with Crippen molar-refractivity contribution >= 4 is 40.2 Å². The summed E-state index contributed by atoms with van der Waals surface area (Å²) in [6.07, 6.45) is 3.02. The number of hydrogen-bond donors (Lipinski definition) is 0. The van der Waals surface area contributed by atoms with E-state index in [4.69, 9.17) is 16.0 Å². The Morgan fingerprint density at radius 1 is 1.00 bits per heavy atom. The van der Waals surface area contributed by atoms with Crippen LogP contribution in [0.2, 0.25) is 5.02 Å². The number of rotatable bonds is 2. The highest BCUT2D eigenvalue weighted by molar-refractivity contribution is 6.31. The fraction of sp³-hybridized carbons (Fsp3) is 0.250. The van der Waals surface area contributed by atoms with Gasteiger partial charge in [-0.2, -0.15) is 0 Å². The first-order valence-corrected chi connectivity index (χ1v) is 9.27. The van der Waals surface area contributed by atoms with E-state index in [1.165, 1.54) is 17.8 Å². The van der Waals surface area contributed by atoms with Crippen LogP contribution >= 0.6 is 11.6 Å². The fourth-order valence-electron chi connectivity index (χ4n) is 3.47. The number of carbonyl (C=O) groups is 3. The number of amides is 2. The highest BCUT2D eigenvalue weighted by Crippen LogP contribution is 2.26. The molecule has 3 heterocycles. The zero-order valence-electron chi connectivity index (χ0n) is 15.2. The molecule has 1 aromatic carbocycles. The molecule has 1 aliphatic rings. The van der Waals surface area contributed by atoms with Crippen molar-refractivity contribution in [1.82, 2.24) is 14.4 Å². The lowest BCUT2D eigenvalue weighted by atomic mass is 10.1. The molecule has 0 radical (unpaired) electrons. The third kappa shape index (κ3) is 3.18. The van der Waals surface area contributed by atoms with Gasteiger partial charge in [-0.05, 0) is 24.3 Å². The minimum atomic E-state index is -0.194. The summed E-state index contributed by atoms with van der Waals surface area (Å²) < 4.78 is 6.59. The molecule has 0 spiro atoms. The first-order valence-electron chi connectivity index (χ1n) is 8.89. The molecule has 3 aromatic rings. The van der Waals surface area contributed by atoms with Crippen LogP contribution in [0.3, 0.4) is 0 Å². The second-order valence-electron chi connectivity index (χ2n) is 6.65. The van der Waals surface area contributed by atoms with Gasteiger partial charge in [0.1, 0.15) is 0 Å². The van der Waals surface area contributed by atoms with Crippen LogP contribution in [-0.4, -0.2) is 58.3 Å². The monoisotopic (exact) mass is 399 g/mol. The Labute approximate surface area is 166 Å². The second kappa shape index (κ2) is 7.16. The molecule has 1 fully saturated rings. The van der Waals surface area contributed by atoms with E-state index in [2.05, 4.69) is 0 Å². The van der Waals surface area contributed by atoms with E-state index >= 15 is 0 Å². The van der Waals surface area contributed by atoms with Crippen molar-refractivity contribution in [3.63, 3.8) is 0 Å². The fourth-order valence-corrected chi connectivity index (χ4v) is 3.64. The number of hydrogen-bond acceptors (Lipinski definition) is 4. The smallest absolute Gasteiger partial charge is 0.289 e. The van der Waals surface area contributed by atoms with Crippen LogP contribution < -0.4 is 0 Å². The summed E-state index contributed by atoms with van der Waals surface area (Å²) in [6, 6.07) is 8.42. The van der Waals surface area contributed by atoms with E-state index in [9.17, 15) is 14.4 Å². The van der Waals surface area contributed by atoms with Crippen LogP contribution in [0.5, 0.6) is 0 Å². The average Bonchev–Trinajstić information content (AvgIpc) is 3.35. The van der Waals surface area contributed by atoms with Gasteiger partial charge in [-0.1, -0.05) is 17.7 Å². The normalized spacial score (nSPS) is 14.5. The first-order chi connectivity index (χ1) is 13.5. The summed E-state index contributed by atoms with van der Waals surface area (Å²) >= 11 is 6.06. The summed E-state index contributed by atoms with van der Waals surface area (Å²) in [5.41, 5.74) is 1.06. The Hall–Kier alpha value is -3.06. The molecule has 8 heteroatoms. The number of carbonyl (C=O) groups excluding carboxylic acids is 3. The van der Waals surface area contributed by atoms with E-state index in [-0.39, 0.29) is 17.7 Å². The molecule has 0 bridgehead atoms. The Bertz CT molecular complexity index is 1060. The molecule has 7 nitrogen and oxygen atoms in total. The predicted octanol–water partition coefficient (Wildman–Crippen LogP) is 3.15. The maximum Gasteiger partial charge on any atom is 0.289 e. The number of aromatic nitrogens is 1. The van der Waals surface area contributed by atoms with Crippen molar-refractivity contribution in [2.75, 3.05) is 26.2 Å². The first kappa shape index (κ1) is 18.3. The van der Waals surface area contributed by atoms with Crippen molar-refractivity contribution < 1.29 is 18.8 Å². The van der Waals surface area contributed by atoms with Crippen molar-refractivity contribution in [3.05, 3.63) is 59.1 Å². The van der Waals surface area contributed by atoms with E-state index in [1.807, 2.05) is 0 Å². The Kier molecular flexibility index (Phi) is 4.68. The number of benzene rings is 1. The summed E-state index contributed by atoms with van der Waals surface area (Å²) in [7, 11) is 0. The zero-order chi connectivity index (χ0) is 19.8. The number of halogens is 1. The van der Waals surface area contributed by atoms with E-state index in [1.54, 1.807) is 46.3 Å². The molecule has 0 unspecified atom stereocenters. The third-order valence-corrected chi connectivity index (χ3v) is 5.16. The van der Waals surface area contributed by atoms with Crippen LogP contribution in [0.25, 0.3) is 10.9 Å². The van der Waals surface area contributed by atoms with Crippen LogP contribution in [0.1, 0.15) is 32.6 Å².